The second-order valence-electron chi connectivity index (χ2n) is 7.52. The van der Waals surface area contributed by atoms with Crippen LogP contribution in [-0.2, 0) is 10.0 Å². The highest BCUT2D eigenvalue weighted by Gasteiger charge is 2.20. The van der Waals surface area contributed by atoms with Gasteiger partial charge in [0.1, 0.15) is 11.5 Å². The number of carboxylic acid groups (broad SMARTS) is 1. The lowest BCUT2D eigenvalue weighted by Gasteiger charge is -2.13. The van der Waals surface area contributed by atoms with Gasteiger partial charge in [0.2, 0.25) is 0 Å². The highest BCUT2D eigenvalue weighted by atomic mass is 32.2. The summed E-state index contributed by atoms with van der Waals surface area (Å²) in [5, 5.41) is 10.4. The minimum Gasteiger partial charge on any atom is -0.496 e. The fourth-order valence-corrected chi connectivity index (χ4v) is 4.89. The number of ether oxygens (including phenoxy) is 2. The van der Waals surface area contributed by atoms with E-state index in [-0.39, 0.29) is 22.0 Å². The zero-order chi connectivity index (χ0) is 25.7. The van der Waals surface area contributed by atoms with E-state index in [1.54, 1.807) is 55.5 Å². The summed E-state index contributed by atoms with van der Waals surface area (Å²) in [7, 11) is -2.45. The molecule has 0 amide bonds. The molecule has 0 aliphatic heterocycles. The van der Waals surface area contributed by atoms with Gasteiger partial charge in [-0.05, 0) is 31.2 Å². The first-order chi connectivity index (χ1) is 17.3. The topological polar surface area (TPSA) is 115 Å². The van der Waals surface area contributed by atoms with Gasteiger partial charge in [-0.1, -0.05) is 48.2 Å². The molecule has 4 rings (SSSR count). The Morgan fingerprint density at radius 3 is 2.39 bits per heavy atom. The number of nitrogens with zero attached hydrogens (tertiary/aromatic N) is 1. The van der Waals surface area contributed by atoms with E-state index in [0.29, 0.717) is 34.3 Å². The molecule has 9 heteroatoms. The predicted octanol–water partition coefficient (Wildman–Crippen LogP) is 4.54. The number of pyridine rings is 1. The van der Waals surface area contributed by atoms with Crippen molar-refractivity contribution in [1.29, 1.82) is 0 Å². The molecule has 0 saturated heterocycles. The minimum atomic E-state index is -3.98. The van der Waals surface area contributed by atoms with Crippen molar-refractivity contribution in [1.82, 2.24) is 4.98 Å². The normalized spacial score (nSPS) is 10.8. The highest BCUT2D eigenvalue weighted by molar-refractivity contribution is 7.93. The molecule has 0 spiro atoms. The number of aromatic nitrogens is 1. The fourth-order valence-electron chi connectivity index (χ4n) is 3.59. The van der Waals surface area contributed by atoms with E-state index in [1.807, 2.05) is 6.07 Å². The van der Waals surface area contributed by atoms with Gasteiger partial charge < -0.3 is 14.6 Å². The number of nitrogens with one attached hydrogen (secondary N) is 1. The van der Waals surface area contributed by atoms with Crippen LogP contribution in [0.4, 0.5) is 5.69 Å². The molecule has 2 N–H and O–H groups in total. The Kier molecular flexibility index (Phi) is 7.08. The van der Waals surface area contributed by atoms with E-state index in [2.05, 4.69) is 21.5 Å². The largest absolute Gasteiger partial charge is 0.496 e. The standard InChI is InChI=1S/C27H22N2O6S/c1-3-35-25-16-23(27(30)31)28-17-19(25)13-12-18-8-4-7-11-22(18)29-36(32,33)26-15-14-24(34-2)20-9-5-6-10-21(20)26/h4-11,14-17,29H,3H2,1-2H3,(H,30,31). The molecule has 0 bridgehead atoms. The number of aromatic carboxylic acids is 1. The molecule has 182 valence electrons. The lowest BCUT2D eigenvalue weighted by molar-refractivity contribution is 0.0690. The fraction of sp³-hybridized carbons (Fsp3) is 0.111. The molecule has 0 radical (unpaired) electrons. The van der Waals surface area contributed by atoms with Crippen molar-refractivity contribution in [3.8, 4) is 23.3 Å². The SMILES string of the molecule is CCOc1cc(C(=O)O)ncc1C#Cc1ccccc1NS(=O)(=O)c1ccc(OC)c2ccccc12. The van der Waals surface area contributed by atoms with Gasteiger partial charge >= 0.3 is 5.97 Å². The van der Waals surface area contributed by atoms with Crippen LogP contribution in [0.15, 0.2) is 77.8 Å². The van der Waals surface area contributed by atoms with E-state index in [1.165, 1.54) is 25.4 Å². The molecule has 1 aromatic heterocycles. The van der Waals surface area contributed by atoms with Gasteiger partial charge in [-0.15, -0.1) is 0 Å². The maximum absolute atomic E-state index is 13.4. The van der Waals surface area contributed by atoms with Gasteiger partial charge in [-0.25, -0.2) is 18.2 Å². The van der Waals surface area contributed by atoms with Crippen molar-refractivity contribution < 1.29 is 27.8 Å². The van der Waals surface area contributed by atoms with Crippen molar-refractivity contribution in [2.45, 2.75) is 11.8 Å². The highest BCUT2D eigenvalue weighted by Crippen LogP contribution is 2.32. The van der Waals surface area contributed by atoms with E-state index < -0.39 is 16.0 Å². The number of rotatable bonds is 7. The lowest BCUT2D eigenvalue weighted by atomic mass is 10.1. The van der Waals surface area contributed by atoms with Crippen LogP contribution < -0.4 is 14.2 Å². The molecule has 0 fully saturated rings. The summed E-state index contributed by atoms with van der Waals surface area (Å²) in [6, 6.07) is 18.2. The third-order valence-corrected chi connectivity index (χ3v) is 6.67. The molecule has 0 unspecified atom stereocenters. The summed E-state index contributed by atoms with van der Waals surface area (Å²) in [5.74, 6) is 5.52. The Labute approximate surface area is 208 Å². The first kappa shape index (κ1) is 24.6. The zero-order valence-corrected chi connectivity index (χ0v) is 20.3. The van der Waals surface area contributed by atoms with Crippen molar-refractivity contribution in [3.63, 3.8) is 0 Å². The summed E-state index contributed by atoms with van der Waals surface area (Å²) in [6.45, 7) is 2.08. The van der Waals surface area contributed by atoms with E-state index >= 15 is 0 Å². The van der Waals surface area contributed by atoms with Crippen LogP contribution in [0.1, 0.15) is 28.5 Å². The molecule has 36 heavy (non-hydrogen) atoms. The van der Waals surface area contributed by atoms with Crippen molar-refractivity contribution in [3.05, 3.63) is 89.7 Å². The maximum atomic E-state index is 13.4. The number of methoxy groups -OCH3 is 1. The van der Waals surface area contributed by atoms with Gasteiger partial charge in [0, 0.05) is 28.6 Å². The Bertz CT molecular complexity index is 1620. The van der Waals surface area contributed by atoms with E-state index in [9.17, 15) is 18.3 Å². The van der Waals surface area contributed by atoms with Crippen molar-refractivity contribution in [2.24, 2.45) is 0 Å². The number of sulfonamides is 1. The molecule has 0 aliphatic rings. The van der Waals surface area contributed by atoms with Crippen LogP contribution in [0.2, 0.25) is 0 Å². The molecule has 0 aliphatic carbocycles. The lowest BCUT2D eigenvalue weighted by Crippen LogP contribution is -2.14. The summed E-state index contributed by atoms with van der Waals surface area (Å²) in [5.41, 5.74) is 0.922. The molecular formula is C27H22N2O6S. The first-order valence-electron chi connectivity index (χ1n) is 10.9. The number of fused-ring (bicyclic) bond motifs is 1. The molecule has 0 atom stereocenters. The van der Waals surface area contributed by atoms with Crippen molar-refractivity contribution >= 4 is 32.5 Å². The van der Waals surface area contributed by atoms with E-state index in [0.717, 1.165) is 0 Å². The number of hydrogen-bond donors (Lipinski definition) is 2. The van der Waals surface area contributed by atoms with Crippen LogP contribution in [-0.4, -0.2) is 38.2 Å². The average Bonchev–Trinajstić information content (AvgIpc) is 2.87. The first-order valence-corrected chi connectivity index (χ1v) is 12.4. The van der Waals surface area contributed by atoms with Gasteiger partial charge in [-0.2, -0.15) is 0 Å². The number of anilines is 1. The monoisotopic (exact) mass is 502 g/mol. The summed E-state index contributed by atoms with van der Waals surface area (Å²) >= 11 is 0. The third-order valence-electron chi connectivity index (χ3n) is 5.24. The van der Waals surface area contributed by atoms with E-state index in [4.69, 9.17) is 9.47 Å². The van der Waals surface area contributed by atoms with Crippen LogP contribution in [0.5, 0.6) is 11.5 Å². The number of para-hydroxylation sites is 1. The van der Waals surface area contributed by atoms with Crippen LogP contribution in [0.25, 0.3) is 10.8 Å². The van der Waals surface area contributed by atoms with Gasteiger partial charge in [0.25, 0.3) is 10.0 Å². The quantitative estimate of drug-likeness (QED) is 0.357. The van der Waals surface area contributed by atoms with Gasteiger partial charge in [-0.3, -0.25) is 4.72 Å². The van der Waals surface area contributed by atoms with Gasteiger partial charge in [0.05, 0.1) is 29.9 Å². The smallest absolute Gasteiger partial charge is 0.354 e. The second-order valence-corrected chi connectivity index (χ2v) is 9.17. The molecule has 8 nitrogen and oxygen atoms in total. The molecular weight excluding hydrogens is 480 g/mol. The molecule has 0 saturated carbocycles. The average molecular weight is 503 g/mol. The van der Waals surface area contributed by atoms with Crippen LogP contribution >= 0.6 is 0 Å². The van der Waals surface area contributed by atoms with Crippen LogP contribution in [0.3, 0.4) is 0 Å². The Hall–Kier alpha value is -4.55. The number of carbonyl (C=O) groups is 1. The number of hydrogen-bond acceptors (Lipinski definition) is 6. The van der Waals surface area contributed by atoms with Gasteiger partial charge in [0.15, 0.2) is 5.69 Å². The zero-order valence-electron chi connectivity index (χ0n) is 19.5. The minimum absolute atomic E-state index is 0.105. The summed E-state index contributed by atoms with van der Waals surface area (Å²) in [6.07, 6.45) is 1.32. The summed E-state index contributed by atoms with van der Waals surface area (Å²) in [4.78, 5) is 15.2. The second kappa shape index (κ2) is 10.4. The number of carboxylic acids is 1. The number of benzene rings is 3. The van der Waals surface area contributed by atoms with Crippen molar-refractivity contribution in [2.75, 3.05) is 18.4 Å². The maximum Gasteiger partial charge on any atom is 0.354 e. The molecule has 1 heterocycles. The molecule has 4 aromatic rings. The Morgan fingerprint density at radius 1 is 0.972 bits per heavy atom. The predicted molar refractivity (Wildman–Crippen MR) is 136 cm³/mol. The summed E-state index contributed by atoms with van der Waals surface area (Å²) < 4.78 is 40.3. The third kappa shape index (κ3) is 5.09. The Balaban J connectivity index is 1.72. The van der Waals surface area contributed by atoms with Crippen LogP contribution in [0, 0.1) is 11.8 Å². The Morgan fingerprint density at radius 2 is 1.67 bits per heavy atom. The molecule has 3 aromatic carbocycles.